The molecule has 3 aromatic rings. The molecule has 0 radical (unpaired) electrons. The molecule has 0 saturated heterocycles. The molecule has 1 amide bonds. The average Bonchev–Trinajstić information content (AvgIpc) is 3.01. The fourth-order valence-electron chi connectivity index (χ4n) is 5.29. The van der Waals surface area contributed by atoms with Gasteiger partial charge in [0.25, 0.3) is 0 Å². The van der Waals surface area contributed by atoms with Gasteiger partial charge in [-0.2, -0.15) is 0 Å². The fourth-order valence-corrected chi connectivity index (χ4v) is 5.67. The Morgan fingerprint density at radius 3 is 2.17 bits per heavy atom. The third kappa shape index (κ3) is 2.88. The summed E-state index contributed by atoms with van der Waals surface area (Å²) in [6.07, 6.45) is 0.607. The number of hydrogen-bond donors (Lipinski definition) is 1. The van der Waals surface area contributed by atoms with Gasteiger partial charge in [-0.05, 0) is 41.0 Å². The predicted octanol–water partition coefficient (Wildman–Crippen LogP) is 6.11. The van der Waals surface area contributed by atoms with Crippen LogP contribution >= 0.6 is 23.2 Å². The molecule has 5 heteroatoms. The van der Waals surface area contributed by atoms with E-state index in [-0.39, 0.29) is 23.5 Å². The second kappa shape index (κ2) is 7.26. The molecule has 30 heavy (non-hydrogen) atoms. The van der Waals surface area contributed by atoms with Crippen LogP contribution in [0.4, 0.5) is 5.69 Å². The zero-order valence-corrected chi connectivity index (χ0v) is 17.6. The van der Waals surface area contributed by atoms with Crippen molar-refractivity contribution in [2.24, 2.45) is 0 Å². The average molecular weight is 436 g/mol. The van der Waals surface area contributed by atoms with Crippen molar-refractivity contribution in [1.29, 1.82) is 0 Å². The van der Waals surface area contributed by atoms with Crippen LogP contribution in [0.3, 0.4) is 0 Å². The normalized spacial score (nSPS) is 25.3. The lowest BCUT2D eigenvalue weighted by molar-refractivity contribution is -0.128. The Balaban J connectivity index is 1.81. The molecule has 1 aliphatic heterocycles. The molecule has 1 fully saturated rings. The van der Waals surface area contributed by atoms with Crippen LogP contribution in [0, 0.1) is 0 Å². The third-order valence-electron chi connectivity index (χ3n) is 6.47. The minimum absolute atomic E-state index is 0.0916. The lowest BCUT2D eigenvalue weighted by atomic mass is 9.54. The first kappa shape index (κ1) is 19.3. The maximum absolute atomic E-state index is 13.8. The van der Waals surface area contributed by atoms with Gasteiger partial charge in [-0.3, -0.25) is 9.59 Å². The van der Waals surface area contributed by atoms with Gasteiger partial charge >= 0.3 is 0 Å². The zero-order valence-electron chi connectivity index (χ0n) is 16.1. The van der Waals surface area contributed by atoms with Crippen LogP contribution in [0.2, 0.25) is 10.0 Å². The smallest absolute Gasteiger partial charge is 0.236 e. The largest absolute Gasteiger partial charge is 0.325 e. The van der Waals surface area contributed by atoms with Gasteiger partial charge in [0.15, 0.2) is 0 Å². The van der Waals surface area contributed by atoms with Gasteiger partial charge in [-0.15, -0.1) is 0 Å². The summed E-state index contributed by atoms with van der Waals surface area (Å²) < 4.78 is 0. The molecule has 3 aromatic carbocycles. The van der Waals surface area contributed by atoms with Crippen molar-refractivity contribution in [2.75, 3.05) is 5.32 Å². The molecular formula is C25H19Cl2NO2. The van der Waals surface area contributed by atoms with Crippen molar-refractivity contribution in [2.45, 2.75) is 30.1 Å². The summed E-state index contributed by atoms with van der Waals surface area (Å²) in [4.78, 5) is 26.7. The van der Waals surface area contributed by atoms with Crippen LogP contribution < -0.4 is 5.32 Å². The number of fused-ring (bicyclic) bond motifs is 2. The Morgan fingerprint density at radius 2 is 1.43 bits per heavy atom. The minimum Gasteiger partial charge on any atom is -0.325 e. The molecule has 0 aromatic heterocycles. The van der Waals surface area contributed by atoms with Crippen molar-refractivity contribution >= 4 is 40.6 Å². The summed E-state index contributed by atoms with van der Waals surface area (Å²) in [5.41, 5.74) is 2.57. The Hall–Kier alpha value is -2.62. The highest BCUT2D eigenvalue weighted by atomic mass is 35.5. The van der Waals surface area contributed by atoms with Crippen LogP contribution in [0.1, 0.15) is 41.4 Å². The molecule has 2 aliphatic rings. The highest BCUT2D eigenvalue weighted by Crippen LogP contribution is 2.60. The Bertz CT molecular complexity index is 1160. The number of anilines is 1. The van der Waals surface area contributed by atoms with Gasteiger partial charge < -0.3 is 5.32 Å². The topological polar surface area (TPSA) is 46.2 Å². The molecule has 0 unspecified atom stereocenters. The van der Waals surface area contributed by atoms with Crippen molar-refractivity contribution in [3.63, 3.8) is 0 Å². The van der Waals surface area contributed by atoms with Crippen molar-refractivity contribution in [3.05, 3.63) is 99.5 Å². The van der Waals surface area contributed by atoms with Crippen LogP contribution in [0.5, 0.6) is 0 Å². The highest BCUT2D eigenvalue weighted by Gasteiger charge is 2.60. The van der Waals surface area contributed by atoms with E-state index in [2.05, 4.69) is 5.32 Å². The maximum Gasteiger partial charge on any atom is 0.236 e. The van der Waals surface area contributed by atoms with E-state index in [1.54, 1.807) is 12.1 Å². The molecule has 1 spiro atoms. The van der Waals surface area contributed by atoms with E-state index in [9.17, 15) is 9.59 Å². The van der Waals surface area contributed by atoms with Gasteiger partial charge in [-0.1, -0.05) is 71.7 Å². The van der Waals surface area contributed by atoms with Crippen molar-refractivity contribution in [1.82, 2.24) is 0 Å². The first-order valence-corrected chi connectivity index (χ1v) is 10.7. The summed E-state index contributed by atoms with van der Waals surface area (Å²) in [5.74, 6) is -0.558. The lowest BCUT2D eigenvalue weighted by Gasteiger charge is -2.46. The number of halogens is 2. The molecule has 150 valence electrons. The van der Waals surface area contributed by atoms with Crippen LogP contribution in [0.15, 0.2) is 72.8 Å². The van der Waals surface area contributed by atoms with E-state index < -0.39 is 5.41 Å². The maximum atomic E-state index is 13.8. The zero-order chi connectivity index (χ0) is 20.9. The van der Waals surface area contributed by atoms with E-state index in [0.717, 1.165) is 22.4 Å². The monoisotopic (exact) mass is 435 g/mol. The molecule has 5 rings (SSSR count). The molecule has 3 nitrogen and oxygen atoms in total. The number of benzene rings is 3. The number of Topliss-reactive ketones (excluding diaryl/α,β-unsaturated/α-hetero) is 1. The molecule has 3 atom stereocenters. The first-order chi connectivity index (χ1) is 14.5. The molecular weight excluding hydrogens is 417 g/mol. The van der Waals surface area contributed by atoms with E-state index in [0.29, 0.717) is 22.9 Å². The summed E-state index contributed by atoms with van der Waals surface area (Å²) in [6, 6.07) is 22.9. The molecule has 0 bridgehead atoms. The van der Waals surface area contributed by atoms with Crippen molar-refractivity contribution in [3.8, 4) is 0 Å². The Morgan fingerprint density at radius 1 is 0.767 bits per heavy atom. The van der Waals surface area contributed by atoms with E-state index in [4.69, 9.17) is 23.2 Å². The minimum atomic E-state index is -0.917. The highest BCUT2D eigenvalue weighted by molar-refractivity contribution is 6.31. The van der Waals surface area contributed by atoms with Crippen LogP contribution in [0.25, 0.3) is 0 Å². The summed E-state index contributed by atoms with van der Waals surface area (Å²) in [6.45, 7) is 0. The van der Waals surface area contributed by atoms with Gasteiger partial charge in [0, 0.05) is 40.4 Å². The number of hydrogen-bond acceptors (Lipinski definition) is 2. The Labute approximate surface area is 185 Å². The fraction of sp³-hybridized carbons (Fsp3) is 0.200. The molecule has 1 aliphatic carbocycles. The standard InChI is InChI=1S/C25H19Cl2NO2/c26-17-8-4-7-16(11-17)22-14-19(29)13-21(15-5-2-1-3-6-15)25(22)20-10-9-18(27)12-23(20)28-24(25)30/h1-12,21-22H,13-14H2,(H,28,30)/t21-,22+,25-/m1/s1. The Kier molecular flexibility index (Phi) is 4.68. The quantitative estimate of drug-likeness (QED) is 0.527. The second-order valence-corrected chi connectivity index (χ2v) is 8.90. The number of carbonyl (C=O) groups excluding carboxylic acids is 2. The van der Waals surface area contributed by atoms with Crippen LogP contribution in [-0.4, -0.2) is 11.7 Å². The number of nitrogens with one attached hydrogen (secondary N) is 1. The SMILES string of the molecule is O=C1C[C@H](c2ccccc2)[C@@]2(C(=O)Nc3cc(Cl)ccc32)[C@H](c2cccc(Cl)c2)C1. The number of ketones is 1. The van der Waals surface area contributed by atoms with E-state index in [1.807, 2.05) is 60.7 Å². The van der Waals surface area contributed by atoms with Crippen LogP contribution in [-0.2, 0) is 15.0 Å². The number of amides is 1. The predicted molar refractivity (Wildman–Crippen MR) is 119 cm³/mol. The lowest BCUT2D eigenvalue weighted by Crippen LogP contribution is -2.50. The van der Waals surface area contributed by atoms with E-state index >= 15 is 0 Å². The van der Waals surface area contributed by atoms with Gasteiger partial charge in [-0.25, -0.2) is 0 Å². The molecule has 1 N–H and O–H groups in total. The number of rotatable bonds is 2. The van der Waals surface area contributed by atoms with Crippen molar-refractivity contribution < 1.29 is 9.59 Å². The first-order valence-electron chi connectivity index (χ1n) is 9.93. The van der Waals surface area contributed by atoms with Gasteiger partial charge in [0.2, 0.25) is 5.91 Å². The molecule has 1 saturated carbocycles. The molecule has 1 heterocycles. The summed E-state index contributed by atoms with van der Waals surface area (Å²) >= 11 is 12.5. The summed E-state index contributed by atoms with van der Waals surface area (Å²) in [5, 5.41) is 4.21. The van der Waals surface area contributed by atoms with E-state index in [1.165, 1.54) is 0 Å². The second-order valence-electron chi connectivity index (χ2n) is 8.03. The third-order valence-corrected chi connectivity index (χ3v) is 6.94. The van der Waals surface area contributed by atoms with Gasteiger partial charge in [0.1, 0.15) is 5.78 Å². The summed E-state index contributed by atoms with van der Waals surface area (Å²) in [7, 11) is 0. The van der Waals surface area contributed by atoms with Gasteiger partial charge in [0.05, 0.1) is 5.41 Å². The number of carbonyl (C=O) groups is 2.